The van der Waals surface area contributed by atoms with Crippen LogP contribution in [0.15, 0.2) is 6.07 Å². The van der Waals surface area contributed by atoms with Crippen LogP contribution in [-0.4, -0.2) is 39.4 Å². The first-order valence-corrected chi connectivity index (χ1v) is 8.06. The standard InChI is InChI=1S/C16H30N4/c1-6-16(7-2)12-17-14(5)10-19(16)11-15-9-13(4)18-20(15)8-3/h9,14,17H,6-8,10-12H2,1-5H3. The van der Waals surface area contributed by atoms with Crippen LogP contribution in [0.2, 0.25) is 0 Å². The van der Waals surface area contributed by atoms with Crippen LogP contribution < -0.4 is 5.32 Å². The van der Waals surface area contributed by atoms with E-state index in [0.717, 1.165) is 31.9 Å². The molecule has 114 valence electrons. The van der Waals surface area contributed by atoms with Gasteiger partial charge in [0.1, 0.15) is 0 Å². The zero-order valence-corrected chi connectivity index (χ0v) is 13.7. The second-order valence-electron chi connectivity index (χ2n) is 6.19. The fourth-order valence-electron chi connectivity index (χ4n) is 3.44. The Morgan fingerprint density at radius 3 is 2.65 bits per heavy atom. The average molecular weight is 278 g/mol. The van der Waals surface area contributed by atoms with Gasteiger partial charge in [-0.25, -0.2) is 0 Å². The van der Waals surface area contributed by atoms with Gasteiger partial charge in [-0.1, -0.05) is 13.8 Å². The lowest BCUT2D eigenvalue weighted by molar-refractivity contribution is 0.0257. The van der Waals surface area contributed by atoms with Crippen LogP contribution in [0.1, 0.15) is 51.9 Å². The van der Waals surface area contributed by atoms with Crippen molar-refractivity contribution < 1.29 is 0 Å². The maximum Gasteiger partial charge on any atom is 0.0597 e. The van der Waals surface area contributed by atoms with Crippen LogP contribution in [0, 0.1) is 6.92 Å². The molecular formula is C16H30N4. The summed E-state index contributed by atoms with van der Waals surface area (Å²) in [5.41, 5.74) is 2.78. The predicted molar refractivity (Wildman–Crippen MR) is 83.8 cm³/mol. The van der Waals surface area contributed by atoms with Gasteiger partial charge in [-0.2, -0.15) is 5.10 Å². The SMILES string of the molecule is CCn1nc(C)cc1CN1CC(C)NCC1(CC)CC. The first-order valence-electron chi connectivity index (χ1n) is 8.06. The van der Waals surface area contributed by atoms with Crippen molar-refractivity contribution in [2.24, 2.45) is 0 Å². The van der Waals surface area contributed by atoms with E-state index in [2.05, 4.69) is 60.7 Å². The van der Waals surface area contributed by atoms with Crippen molar-refractivity contribution in [3.8, 4) is 0 Å². The molecule has 2 heterocycles. The molecule has 1 fully saturated rings. The Kier molecular flexibility index (Phi) is 4.86. The molecule has 1 N–H and O–H groups in total. The van der Waals surface area contributed by atoms with Gasteiger partial charge in [0, 0.05) is 37.8 Å². The first-order chi connectivity index (χ1) is 9.54. The van der Waals surface area contributed by atoms with Crippen molar-refractivity contribution in [1.82, 2.24) is 20.0 Å². The maximum atomic E-state index is 4.59. The molecule has 4 nitrogen and oxygen atoms in total. The summed E-state index contributed by atoms with van der Waals surface area (Å²) in [6, 6.07) is 2.81. The number of rotatable bonds is 5. The van der Waals surface area contributed by atoms with Gasteiger partial charge in [-0.3, -0.25) is 9.58 Å². The average Bonchev–Trinajstić information content (AvgIpc) is 2.80. The molecule has 1 saturated heterocycles. The van der Waals surface area contributed by atoms with E-state index in [-0.39, 0.29) is 0 Å². The number of hydrogen-bond donors (Lipinski definition) is 1. The zero-order valence-electron chi connectivity index (χ0n) is 13.7. The number of aryl methyl sites for hydroxylation is 2. The first kappa shape index (κ1) is 15.5. The Bertz CT molecular complexity index is 434. The molecule has 1 aliphatic heterocycles. The van der Waals surface area contributed by atoms with Crippen molar-refractivity contribution in [3.05, 3.63) is 17.5 Å². The molecule has 0 saturated carbocycles. The van der Waals surface area contributed by atoms with Crippen molar-refractivity contribution in [3.63, 3.8) is 0 Å². The van der Waals surface area contributed by atoms with Gasteiger partial charge in [-0.15, -0.1) is 0 Å². The van der Waals surface area contributed by atoms with E-state index in [1.807, 2.05) is 0 Å². The summed E-state index contributed by atoms with van der Waals surface area (Å²) in [4.78, 5) is 2.68. The Morgan fingerprint density at radius 2 is 2.05 bits per heavy atom. The van der Waals surface area contributed by atoms with Gasteiger partial charge in [0.2, 0.25) is 0 Å². The Hall–Kier alpha value is -0.870. The zero-order chi connectivity index (χ0) is 14.8. The summed E-state index contributed by atoms with van der Waals surface area (Å²) >= 11 is 0. The lowest BCUT2D eigenvalue weighted by Crippen LogP contribution is -2.63. The molecule has 1 unspecified atom stereocenters. The molecule has 0 aliphatic carbocycles. The van der Waals surface area contributed by atoms with Gasteiger partial charge < -0.3 is 5.32 Å². The highest BCUT2D eigenvalue weighted by Gasteiger charge is 2.38. The highest BCUT2D eigenvalue weighted by atomic mass is 15.3. The summed E-state index contributed by atoms with van der Waals surface area (Å²) in [5.74, 6) is 0. The van der Waals surface area contributed by atoms with E-state index in [9.17, 15) is 0 Å². The van der Waals surface area contributed by atoms with Crippen molar-refractivity contribution in [2.45, 2.75) is 72.1 Å². The van der Waals surface area contributed by atoms with Crippen molar-refractivity contribution in [1.29, 1.82) is 0 Å². The summed E-state index contributed by atoms with van der Waals surface area (Å²) in [6.45, 7) is 15.4. The maximum absolute atomic E-state index is 4.59. The molecule has 1 aliphatic rings. The Balaban J connectivity index is 2.22. The van der Waals surface area contributed by atoms with E-state index in [1.165, 1.54) is 18.5 Å². The van der Waals surface area contributed by atoms with E-state index in [0.29, 0.717) is 11.6 Å². The number of hydrogen-bond acceptors (Lipinski definition) is 3. The predicted octanol–water partition coefficient (Wildman–Crippen LogP) is 2.56. The largest absolute Gasteiger partial charge is 0.311 e. The van der Waals surface area contributed by atoms with Gasteiger partial charge in [0.05, 0.1) is 11.4 Å². The van der Waals surface area contributed by atoms with Gasteiger partial charge >= 0.3 is 0 Å². The van der Waals surface area contributed by atoms with Gasteiger partial charge in [0.15, 0.2) is 0 Å². The second kappa shape index (κ2) is 6.27. The number of piperazine rings is 1. The molecule has 20 heavy (non-hydrogen) atoms. The van der Waals surface area contributed by atoms with Crippen LogP contribution in [0.5, 0.6) is 0 Å². The smallest absolute Gasteiger partial charge is 0.0597 e. The van der Waals surface area contributed by atoms with E-state index in [1.54, 1.807) is 0 Å². The Labute approximate surface area is 123 Å². The second-order valence-corrected chi connectivity index (χ2v) is 6.19. The third kappa shape index (κ3) is 2.91. The van der Waals surface area contributed by atoms with E-state index in [4.69, 9.17) is 0 Å². The van der Waals surface area contributed by atoms with E-state index >= 15 is 0 Å². The molecule has 0 bridgehead atoms. The minimum absolute atomic E-state index is 0.295. The molecule has 1 aromatic rings. The molecule has 4 heteroatoms. The van der Waals surface area contributed by atoms with Crippen LogP contribution in [0.3, 0.4) is 0 Å². The fourth-order valence-corrected chi connectivity index (χ4v) is 3.44. The molecule has 1 aromatic heterocycles. The molecular weight excluding hydrogens is 248 g/mol. The van der Waals surface area contributed by atoms with Crippen LogP contribution in [0.4, 0.5) is 0 Å². The molecule has 0 amide bonds. The van der Waals surface area contributed by atoms with Crippen LogP contribution >= 0.6 is 0 Å². The third-order valence-electron chi connectivity index (χ3n) is 4.90. The molecule has 2 rings (SSSR count). The van der Waals surface area contributed by atoms with Crippen molar-refractivity contribution in [2.75, 3.05) is 13.1 Å². The van der Waals surface area contributed by atoms with Crippen molar-refractivity contribution >= 4 is 0 Å². The fraction of sp³-hybridized carbons (Fsp3) is 0.812. The Morgan fingerprint density at radius 1 is 1.35 bits per heavy atom. The quantitative estimate of drug-likeness (QED) is 0.898. The van der Waals surface area contributed by atoms with Crippen LogP contribution in [0.25, 0.3) is 0 Å². The summed E-state index contributed by atoms with van der Waals surface area (Å²) in [7, 11) is 0. The minimum atomic E-state index is 0.295. The number of nitrogens with zero attached hydrogens (tertiary/aromatic N) is 3. The summed E-state index contributed by atoms with van der Waals surface area (Å²) < 4.78 is 2.15. The minimum Gasteiger partial charge on any atom is -0.311 e. The highest BCUT2D eigenvalue weighted by Crippen LogP contribution is 2.28. The van der Waals surface area contributed by atoms with Gasteiger partial charge in [-0.05, 0) is 39.7 Å². The summed E-state index contributed by atoms with van der Waals surface area (Å²) in [5, 5.41) is 8.25. The number of aromatic nitrogens is 2. The third-order valence-corrected chi connectivity index (χ3v) is 4.90. The normalized spacial score (nSPS) is 23.1. The molecule has 0 spiro atoms. The molecule has 0 aromatic carbocycles. The molecule has 0 radical (unpaired) electrons. The highest BCUT2D eigenvalue weighted by molar-refractivity contribution is 5.10. The van der Waals surface area contributed by atoms with Crippen LogP contribution in [-0.2, 0) is 13.1 Å². The van der Waals surface area contributed by atoms with E-state index < -0.39 is 0 Å². The number of nitrogens with one attached hydrogen (secondary N) is 1. The lowest BCUT2D eigenvalue weighted by Gasteiger charge is -2.49. The molecule has 1 atom stereocenters. The lowest BCUT2D eigenvalue weighted by atomic mass is 9.87. The monoisotopic (exact) mass is 278 g/mol. The van der Waals surface area contributed by atoms with Gasteiger partial charge in [0.25, 0.3) is 0 Å². The summed E-state index contributed by atoms with van der Waals surface area (Å²) in [6.07, 6.45) is 2.39. The topological polar surface area (TPSA) is 33.1 Å².